The molecule has 0 aromatic carbocycles. The van der Waals surface area contributed by atoms with E-state index in [1.165, 1.54) is 0 Å². The Morgan fingerprint density at radius 3 is 1.44 bits per heavy atom. The van der Waals surface area contributed by atoms with Gasteiger partial charge in [0.1, 0.15) is 4.95 Å². The van der Waals surface area contributed by atoms with Crippen LogP contribution < -0.4 is 0 Å². The summed E-state index contributed by atoms with van der Waals surface area (Å²) in [6, 6.07) is 0. The van der Waals surface area contributed by atoms with Crippen molar-refractivity contribution in [1.82, 2.24) is 0 Å². The summed E-state index contributed by atoms with van der Waals surface area (Å²) >= 11 is 3.63. The lowest BCUT2D eigenvalue weighted by atomic mass is 10.2. The first-order valence-electron chi connectivity index (χ1n) is 3.31. The first-order chi connectivity index (χ1) is 3.85. The van der Waals surface area contributed by atoms with Crippen LogP contribution in [-0.2, 0) is 0 Å². The minimum Gasteiger partial charge on any atom is -0.319 e. The molecule has 2 heteroatoms. The molecule has 1 nitrogen and oxygen atoms in total. The standard InChI is InChI=1S/C7H17BrN/c1-6(2)7(8)9(3,4)5/h6-7H,1-5H3/q+1. The maximum atomic E-state index is 3.63. The van der Waals surface area contributed by atoms with Gasteiger partial charge in [0, 0.05) is 5.92 Å². The molecule has 0 amide bonds. The van der Waals surface area contributed by atoms with Gasteiger partial charge in [0.05, 0.1) is 21.1 Å². The summed E-state index contributed by atoms with van der Waals surface area (Å²) in [7, 11) is 6.58. The second-order valence-corrected chi connectivity index (χ2v) is 4.67. The highest BCUT2D eigenvalue weighted by molar-refractivity contribution is 9.09. The van der Waals surface area contributed by atoms with Crippen LogP contribution in [0.5, 0.6) is 0 Å². The smallest absolute Gasteiger partial charge is 0.146 e. The third-order valence-electron chi connectivity index (χ3n) is 1.29. The summed E-state index contributed by atoms with van der Waals surface area (Å²) in [4.78, 5) is 0.567. The molecule has 1 unspecified atom stereocenters. The Kier molecular flexibility index (Phi) is 3.17. The Balaban J connectivity index is 3.88. The van der Waals surface area contributed by atoms with Crippen LogP contribution in [0.25, 0.3) is 0 Å². The molecule has 0 aliphatic rings. The summed E-state index contributed by atoms with van der Waals surface area (Å²) in [5.41, 5.74) is 0. The van der Waals surface area contributed by atoms with Gasteiger partial charge in [0.15, 0.2) is 0 Å². The average Bonchev–Trinajstić information content (AvgIpc) is 1.62. The van der Waals surface area contributed by atoms with Crippen LogP contribution in [0, 0.1) is 5.92 Å². The fraction of sp³-hybridized carbons (Fsp3) is 1.00. The lowest BCUT2D eigenvalue weighted by molar-refractivity contribution is -0.882. The SMILES string of the molecule is CC(C)C(Br)[N+](C)(C)C. The summed E-state index contributed by atoms with van der Waals surface area (Å²) < 4.78 is 0.984. The first kappa shape index (κ1) is 9.44. The number of rotatable bonds is 2. The van der Waals surface area contributed by atoms with E-state index in [1.54, 1.807) is 0 Å². The summed E-state index contributed by atoms with van der Waals surface area (Å²) in [6.07, 6.45) is 0. The van der Waals surface area contributed by atoms with Crippen molar-refractivity contribution in [3.63, 3.8) is 0 Å². The van der Waals surface area contributed by atoms with E-state index < -0.39 is 0 Å². The van der Waals surface area contributed by atoms with Crippen molar-refractivity contribution in [3.8, 4) is 0 Å². The highest BCUT2D eigenvalue weighted by atomic mass is 79.9. The molecule has 0 saturated heterocycles. The third kappa shape index (κ3) is 3.21. The van der Waals surface area contributed by atoms with Gasteiger partial charge in [-0.2, -0.15) is 0 Å². The van der Waals surface area contributed by atoms with E-state index in [-0.39, 0.29) is 0 Å². The zero-order chi connectivity index (χ0) is 7.65. The minimum absolute atomic E-state index is 0.567. The number of halogens is 1. The van der Waals surface area contributed by atoms with E-state index in [1.807, 2.05) is 0 Å². The van der Waals surface area contributed by atoms with Crippen molar-refractivity contribution in [2.75, 3.05) is 21.1 Å². The van der Waals surface area contributed by atoms with Gasteiger partial charge in [-0.05, 0) is 15.9 Å². The molecule has 0 aliphatic carbocycles. The zero-order valence-corrected chi connectivity index (χ0v) is 8.57. The molecule has 0 radical (unpaired) electrons. The molecule has 1 atom stereocenters. The Morgan fingerprint density at radius 1 is 1.11 bits per heavy atom. The van der Waals surface area contributed by atoms with E-state index in [0.29, 0.717) is 10.9 Å². The molecule has 0 fully saturated rings. The maximum absolute atomic E-state index is 3.63. The van der Waals surface area contributed by atoms with Crippen molar-refractivity contribution in [3.05, 3.63) is 0 Å². The van der Waals surface area contributed by atoms with E-state index in [4.69, 9.17) is 0 Å². The van der Waals surface area contributed by atoms with Crippen molar-refractivity contribution < 1.29 is 4.48 Å². The Bertz CT molecular complexity index is 83.4. The van der Waals surface area contributed by atoms with Gasteiger partial charge in [0.25, 0.3) is 0 Å². The highest BCUT2D eigenvalue weighted by Gasteiger charge is 2.22. The number of alkyl halides is 1. The summed E-state index contributed by atoms with van der Waals surface area (Å²) in [5.74, 6) is 0.699. The number of quaternary nitrogens is 1. The topological polar surface area (TPSA) is 0 Å². The maximum Gasteiger partial charge on any atom is 0.146 e. The van der Waals surface area contributed by atoms with Crippen LogP contribution >= 0.6 is 15.9 Å². The van der Waals surface area contributed by atoms with Gasteiger partial charge in [0.2, 0.25) is 0 Å². The second-order valence-electron chi connectivity index (χ2n) is 3.73. The van der Waals surface area contributed by atoms with Crippen molar-refractivity contribution in [2.24, 2.45) is 5.92 Å². The molecule has 0 aliphatic heterocycles. The Labute approximate surface area is 66.8 Å². The number of hydrogen-bond acceptors (Lipinski definition) is 0. The van der Waals surface area contributed by atoms with Crippen LogP contribution in [0.15, 0.2) is 0 Å². The second kappa shape index (κ2) is 3.02. The van der Waals surface area contributed by atoms with E-state index in [0.717, 1.165) is 4.48 Å². The molecule has 0 aromatic rings. The van der Waals surface area contributed by atoms with Crippen LogP contribution in [0.4, 0.5) is 0 Å². The quantitative estimate of drug-likeness (QED) is 0.359. The predicted molar refractivity (Wildman–Crippen MR) is 45.6 cm³/mol. The molecule has 0 rings (SSSR count). The minimum atomic E-state index is 0.567. The monoisotopic (exact) mass is 194 g/mol. The molecule has 56 valence electrons. The molecular weight excluding hydrogens is 178 g/mol. The molecule has 0 spiro atoms. The van der Waals surface area contributed by atoms with Crippen molar-refractivity contribution in [2.45, 2.75) is 18.8 Å². The first-order valence-corrected chi connectivity index (χ1v) is 4.22. The highest BCUT2D eigenvalue weighted by Crippen LogP contribution is 2.18. The normalized spacial score (nSPS) is 16.3. The Hall–Kier alpha value is 0.440. The molecule has 0 heterocycles. The Morgan fingerprint density at radius 2 is 1.44 bits per heavy atom. The molecule has 0 saturated carbocycles. The van der Waals surface area contributed by atoms with E-state index >= 15 is 0 Å². The predicted octanol–water partition coefficient (Wildman–Crippen LogP) is 2.07. The molecule has 0 N–H and O–H groups in total. The molecule has 0 bridgehead atoms. The van der Waals surface area contributed by atoms with E-state index in [2.05, 4.69) is 50.9 Å². The van der Waals surface area contributed by atoms with Gasteiger partial charge in [-0.15, -0.1) is 0 Å². The molecule has 9 heavy (non-hydrogen) atoms. The lowest BCUT2D eigenvalue weighted by Crippen LogP contribution is -2.44. The van der Waals surface area contributed by atoms with E-state index in [9.17, 15) is 0 Å². The lowest BCUT2D eigenvalue weighted by Gasteiger charge is -2.32. The van der Waals surface area contributed by atoms with Crippen molar-refractivity contribution in [1.29, 1.82) is 0 Å². The van der Waals surface area contributed by atoms with Gasteiger partial charge in [-0.3, -0.25) is 0 Å². The van der Waals surface area contributed by atoms with Crippen LogP contribution in [0.1, 0.15) is 13.8 Å². The van der Waals surface area contributed by atoms with Gasteiger partial charge < -0.3 is 4.48 Å². The fourth-order valence-electron chi connectivity index (χ4n) is 0.894. The summed E-state index contributed by atoms with van der Waals surface area (Å²) in [6.45, 7) is 4.45. The third-order valence-corrected chi connectivity index (χ3v) is 3.58. The van der Waals surface area contributed by atoms with Gasteiger partial charge in [-0.1, -0.05) is 13.8 Å². The molecular formula is C7H17BrN+. The van der Waals surface area contributed by atoms with Gasteiger partial charge in [-0.25, -0.2) is 0 Å². The van der Waals surface area contributed by atoms with Crippen LogP contribution in [-0.4, -0.2) is 30.6 Å². The van der Waals surface area contributed by atoms with Gasteiger partial charge >= 0.3 is 0 Å². The average molecular weight is 195 g/mol. The number of nitrogens with zero attached hydrogens (tertiary/aromatic N) is 1. The zero-order valence-electron chi connectivity index (χ0n) is 6.98. The fourth-order valence-corrected chi connectivity index (χ4v) is 0.894. The van der Waals surface area contributed by atoms with Crippen LogP contribution in [0.2, 0.25) is 0 Å². The van der Waals surface area contributed by atoms with Crippen molar-refractivity contribution >= 4 is 15.9 Å². The largest absolute Gasteiger partial charge is 0.319 e. The summed E-state index contributed by atoms with van der Waals surface area (Å²) in [5, 5.41) is 0. The van der Waals surface area contributed by atoms with Crippen LogP contribution in [0.3, 0.4) is 0 Å². The molecule has 0 aromatic heterocycles. The number of hydrogen-bond donors (Lipinski definition) is 0.